The zero-order valence-corrected chi connectivity index (χ0v) is 10.3. The molecule has 1 heterocycles. The third kappa shape index (κ3) is 2.02. The van der Waals surface area contributed by atoms with Crippen molar-refractivity contribution in [2.45, 2.75) is 25.4 Å². The van der Waals surface area contributed by atoms with Crippen molar-refractivity contribution in [2.24, 2.45) is 5.73 Å². The molecule has 1 aliphatic rings. The number of aliphatic hydroxyl groups excluding tert-OH is 1. The molecule has 0 radical (unpaired) electrons. The molecule has 98 valence electrons. The Bertz CT molecular complexity index is 616. The quantitative estimate of drug-likeness (QED) is 0.859. The number of nitrogens with zero attached hydrogens (tertiary/aromatic N) is 1. The van der Waals surface area contributed by atoms with E-state index in [0.29, 0.717) is 17.7 Å². The zero-order chi connectivity index (χ0) is 13.4. The highest BCUT2D eigenvalue weighted by Gasteiger charge is 2.26. The SMILES string of the molecule is NC(=O)c1ccc(-c2noc3c2CCCC3O)cc1. The van der Waals surface area contributed by atoms with Crippen molar-refractivity contribution in [3.63, 3.8) is 0 Å². The maximum Gasteiger partial charge on any atom is 0.248 e. The summed E-state index contributed by atoms with van der Waals surface area (Å²) in [6.07, 6.45) is 1.92. The Hall–Kier alpha value is -2.14. The van der Waals surface area contributed by atoms with E-state index in [1.807, 2.05) is 0 Å². The van der Waals surface area contributed by atoms with Gasteiger partial charge in [0.1, 0.15) is 11.8 Å². The second-order valence-corrected chi connectivity index (χ2v) is 4.72. The van der Waals surface area contributed by atoms with E-state index in [9.17, 15) is 9.90 Å². The van der Waals surface area contributed by atoms with Crippen molar-refractivity contribution in [2.75, 3.05) is 0 Å². The number of nitrogens with two attached hydrogens (primary N) is 1. The molecular weight excluding hydrogens is 244 g/mol. The van der Waals surface area contributed by atoms with Gasteiger partial charge in [0.05, 0.1) is 0 Å². The third-order valence-electron chi connectivity index (χ3n) is 3.47. The van der Waals surface area contributed by atoms with Crippen LogP contribution in [-0.2, 0) is 6.42 Å². The van der Waals surface area contributed by atoms with Gasteiger partial charge in [0, 0.05) is 16.7 Å². The fourth-order valence-corrected chi connectivity index (χ4v) is 2.45. The molecule has 1 unspecified atom stereocenters. The first-order chi connectivity index (χ1) is 9.16. The van der Waals surface area contributed by atoms with E-state index in [0.717, 1.165) is 29.7 Å². The van der Waals surface area contributed by atoms with E-state index in [1.54, 1.807) is 24.3 Å². The molecule has 3 N–H and O–H groups in total. The zero-order valence-electron chi connectivity index (χ0n) is 10.3. The lowest BCUT2D eigenvalue weighted by molar-refractivity contribution is 0.100. The molecule has 5 heteroatoms. The van der Waals surface area contributed by atoms with E-state index < -0.39 is 12.0 Å². The average Bonchev–Trinajstić information content (AvgIpc) is 2.84. The summed E-state index contributed by atoms with van der Waals surface area (Å²) >= 11 is 0. The summed E-state index contributed by atoms with van der Waals surface area (Å²) in [7, 11) is 0. The monoisotopic (exact) mass is 258 g/mol. The van der Waals surface area contributed by atoms with E-state index in [1.165, 1.54) is 0 Å². The summed E-state index contributed by atoms with van der Waals surface area (Å²) in [5.41, 5.74) is 8.23. The van der Waals surface area contributed by atoms with Gasteiger partial charge in [-0.25, -0.2) is 0 Å². The smallest absolute Gasteiger partial charge is 0.248 e. The summed E-state index contributed by atoms with van der Waals surface area (Å²) in [6.45, 7) is 0. The number of carbonyl (C=O) groups excluding carboxylic acids is 1. The fourth-order valence-electron chi connectivity index (χ4n) is 2.45. The Morgan fingerprint density at radius 3 is 2.79 bits per heavy atom. The van der Waals surface area contributed by atoms with Crippen LogP contribution in [-0.4, -0.2) is 16.2 Å². The molecule has 0 fully saturated rings. The molecule has 19 heavy (non-hydrogen) atoms. The minimum absolute atomic E-state index is 0.454. The largest absolute Gasteiger partial charge is 0.385 e. The highest BCUT2D eigenvalue weighted by molar-refractivity contribution is 5.93. The van der Waals surface area contributed by atoms with E-state index in [2.05, 4.69) is 5.16 Å². The lowest BCUT2D eigenvalue weighted by Gasteiger charge is -2.15. The summed E-state index contributed by atoms with van der Waals surface area (Å²) in [5.74, 6) is 0.115. The molecular formula is C14H14N2O3. The molecule has 1 aromatic heterocycles. The van der Waals surface area contributed by atoms with Crippen LogP contribution in [0.4, 0.5) is 0 Å². The lowest BCUT2D eigenvalue weighted by Crippen LogP contribution is -2.10. The maximum absolute atomic E-state index is 11.0. The van der Waals surface area contributed by atoms with Crippen molar-refractivity contribution >= 4 is 5.91 Å². The molecule has 1 amide bonds. The number of benzene rings is 1. The van der Waals surface area contributed by atoms with Gasteiger partial charge < -0.3 is 15.4 Å². The number of rotatable bonds is 2. The van der Waals surface area contributed by atoms with Crippen molar-refractivity contribution in [3.05, 3.63) is 41.2 Å². The van der Waals surface area contributed by atoms with Gasteiger partial charge in [-0.15, -0.1) is 0 Å². The Balaban J connectivity index is 2.01. The molecule has 5 nitrogen and oxygen atoms in total. The summed E-state index contributed by atoms with van der Waals surface area (Å²) in [6, 6.07) is 6.91. The Morgan fingerprint density at radius 2 is 2.11 bits per heavy atom. The first kappa shape index (κ1) is 11.9. The van der Waals surface area contributed by atoms with Crippen LogP contribution in [0, 0.1) is 0 Å². The van der Waals surface area contributed by atoms with Crippen LogP contribution in [0.2, 0.25) is 0 Å². The van der Waals surface area contributed by atoms with Crippen LogP contribution < -0.4 is 5.73 Å². The molecule has 1 atom stereocenters. The number of hydrogen-bond donors (Lipinski definition) is 2. The van der Waals surface area contributed by atoms with Crippen LogP contribution in [0.25, 0.3) is 11.3 Å². The maximum atomic E-state index is 11.0. The summed E-state index contributed by atoms with van der Waals surface area (Å²) < 4.78 is 5.24. The van der Waals surface area contributed by atoms with E-state index >= 15 is 0 Å². The van der Waals surface area contributed by atoms with Crippen LogP contribution in [0.15, 0.2) is 28.8 Å². The molecule has 0 aliphatic heterocycles. The summed E-state index contributed by atoms with van der Waals surface area (Å²) in [5, 5.41) is 13.9. The van der Waals surface area contributed by atoms with Crippen molar-refractivity contribution < 1.29 is 14.4 Å². The highest BCUT2D eigenvalue weighted by Crippen LogP contribution is 2.35. The molecule has 0 bridgehead atoms. The fraction of sp³-hybridized carbons (Fsp3) is 0.286. The number of aliphatic hydroxyl groups is 1. The first-order valence-electron chi connectivity index (χ1n) is 6.23. The molecule has 0 saturated heterocycles. The molecule has 0 saturated carbocycles. The number of primary amides is 1. The van der Waals surface area contributed by atoms with Gasteiger partial charge in [0.15, 0.2) is 5.76 Å². The number of fused-ring (bicyclic) bond motifs is 1. The second-order valence-electron chi connectivity index (χ2n) is 4.72. The molecule has 1 aliphatic carbocycles. The van der Waals surface area contributed by atoms with Crippen LogP contribution in [0.1, 0.15) is 40.6 Å². The van der Waals surface area contributed by atoms with Gasteiger partial charge in [0.25, 0.3) is 0 Å². The van der Waals surface area contributed by atoms with Gasteiger partial charge in [-0.3, -0.25) is 4.79 Å². The van der Waals surface area contributed by atoms with Crippen molar-refractivity contribution in [3.8, 4) is 11.3 Å². The standard InChI is InChI=1S/C14H14N2O3/c15-14(18)9-6-4-8(5-7-9)12-10-2-1-3-11(17)13(10)19-16-12/h4-7,11,17H,1-3H2,(H2,15,18). The van der Waals surface area contributed by atoms with Gasteiger partial charge >= 0.3 is 0 Å². The molecule has 1 aromatic carbocycles. The van der Waals surface area contributed by atoms with Crippen molar-refractivity contribution in [1.82, 2.24) is 5.16 Å². The number of hydrogen-bond acceptors (Lipinski definition) is 4. The van der Waals surface area contributed by atoms with Gasteiger partial charge in [-0.2, -0.15) is 0 Å². The number of carbonyl (C=O) groups is 1. The molecule has 2 aromatic rings. The predicted molar refractivity (Wildman–Crippen MR) is 68.4 cm³/mol. The normalized spacial score (nSPS) is 18.1. The van der Waals surface area contributed by atoms with Crippen molar-refractivity contribution in [1.29, 1.82) is 0 Å². The number of aromatic nitrogens is 1. The predicted octanol–water partition coefficient (Wildman–Crippen LogP) is 1.81. The van der Waals surface area contributed by atoms with E-state index in [-0.39, 0.29) is 0 Å². The molecule has 3 rings (SSSR count). The lowest BCUT2D eigenvalue weighted by atomic mass is 9.92. The van der Waals surface area contributed by atoms with Crippen LogP contribution in [0.3, 0.4) is 0 Å². The van der Waals surface area contributed by atoms with Gasteiger partial charge in [-0.1, -0.05) is 17.3 Å². The first-order valence-corrected chi connectivity index (χ1v) is 6.23. The van der Waals surface area contributed by atoms with Crippen LogP contribution in [0.5, 0.6) is 0 Å². The Morgan fingerprint density at radius 1 is 1.37 bits per heavy atom. The third-order valence-corrected chi connectivity index (χ3v) is 3.47. The van der Waals surface area contributed by atoms with E-state index in [4.69, 9.17) is 10.3 Å². The second kappa shape index (κ2) is 4.51. The minimum Gasteiger partial charge on any atom is -0.385 e. The average molecular weight is 258 g/mol. The Labute approximate surface area is 110 Å². The Kier molecular flexibility index (Phi) is 2.83. The van der Waals surface area contributed by atoms with Crippen LogP contribution >= 0.6 is 0 Å². The van der Waals surface area contributed by atoms with Gasteiger partial charge in [-0.05, 0) is 31.4 Å². The number of amides is 1. The molecule has 0 spiro atoms. The minimum atomic E-state index is -0.560. The summed E-state index contributed by atoms with van der Waals surface area (Å²) in [4.78, 5) is 11.0. The van der Waals surface area contributed by atoms with Gasteiger partial charge in [0.2, 0.25) is 5.91 Å². The topological polar surface area (TPSA) is 89.4 Å². The highest BCUT2D eigenvalue weighted by atomic mass is 16.5.